The Kier molecular flexibility index (Phi) is 2.73. The van der Waals surface area contributed by atoms with E-state index < -0.39 is 0 Å². The van der Waals surface area contributed by atoms with Crippen molar-refractivity contribution < 1.29 is 0 Å². The molecular formula is C16H25N3. The summed E-state index contributed by atoms with van der Waals surface area (Å²) in [6, 6.07) is 2.89. The van der Waals surface area contributed by atoms with Gasteiger partial charge in [0.25, 0.3) is 0 Å². The standard InChI is InChI=1S/C16H25N3/c1-17-13(6-5-12-7-8-18-19(12)2)16-14-10-3-4-11(9-10)15(14)16/h7-8,10-11,13-17H,3-6,9H2,1-2H3. The molecule has 3 nitrogen and oxygen atoms in total. The molecule has 3 aliphatic carbocycles. The molecule has 2 bridgehead atoms. The molecule has 3 fully saturated rings. The second kappa shape index (κ2) is 4.34. The van der Waals surface area contributed by atoms with Crippen LogP contribution in [0.3, 0.4) is 0 Å². The monoisotopic (exact) mass is 259 g/mol. The number of rotatable bonds is 5. The maximum absolute atomic E-state index is 4.27. The third kappa shape index (κ3) is 1.78. The van der Waals surface area contributed by atoms with Gasteiger partial charge in [-0.3, -0.25) is 4.68 Å². The third-order valence-electron chi connectivity index (χ3n) is 6.26. The van der Waals surface area contributed by atoms with Gasteiger partial charge in [-0.05, 0) is 74.8 Å². The predicted molar refractivity (Wildman–Crippen MR) is 75.7 cm³/mol. The molecule has 104 valence electrons. The van der Waals surface area contributed by atoms with Crippen LogP contribution in [-0.2, 0) is 13.5 Å². The highest BCUT2D eigenvalue weighted by Crippen LogP contribution is 2.70. The van der Waals surface area contributed by atoms with Gasteiger partial charge in [-0.1, -0.05) is 0 Å². The molecule has 3 heteroatoms. The number of fused-ring (bicyclic) bond motifs is 5. The second-order valence-corrected chi connectivity index (χ2v) is 6.95. The zero-order chi connectivity index (χ0) is 13.0. The lowest BCUT2D eigenvalue weighted by Crippen LogP contribution is -2.31. The summed E-state index contributed by atoms with van der Waals surface area (Å²) < 4.78 is 2.02. The van der Waals surface area contributed by atoms with Crippen molar-refractivity contribution in [2.75, 3.05) is 7.05 Å². The fourth-order valence-electron chi connectivity index (χ4n) is 5.41. The Balaban J connectivity index is 1.39. The Bertz CT molecular complexity index is 450. The molecule has 0 aliphatic heterocycles. The molecule has 0 saturated heterocycles. The molecule has 0 radical (unpaired) electrons. The minimum Gasteiger partial charge on any atom is -0.317 e. The van der Waals surface area contributed by atoms with E-state index in [9.17, 15) is 0 Å². The van der Waals surface area contributed by atoms with Gasteiger partial charge in [-0.25, -0.2) is 0 Å². The van der Waals surface area contributed by atoms with E-state index in [2.05, 4.69) is 30.6 Å². The Morgan fingerprint density at radius 2 is 2.11 bits per heavy atom. The van der Waals surface area contributed by atoms with Crippen LogP contribution in [0.15, 0.2) is 12.3 Å². The number of aromatic nitrogens is 2. The molecular weight excluding hydrogens is 234 g/mol. The Hall–Kier alpha value is -0.830. The van der Waals surface area contributed by atoms with Crippen molar-refractivity contribution in [2.45, 2.75) is 38.1 Å². The summed E-state index contributed by atoms with van der Waals surface area (Å²) >= 11 is 0. The molecule has 0 amide bonds. The van der Waals surface area contributed by atoms with Crippen molar-refractivity contribution in [1.29, 1.82) is 0 Å². The fourth-order valence-corrected chi connectivity index (χ4v) is 5.41. The van der Waals surface area contributed by atoms with Gasteiger partial charge in [0, 0.05) is 25.0 Å². The van der Waals surface area contributed by atoms with Gasteiger partial charge < -0.3 is 5.32 Å². The normalized spacial score (nSPS) is 40.4. The van der Waals surface area contributed by atoms with Gasteiger partial charge in [-0.15, -0.1) is 0 Å². The lowest BCUT2D eigenvalue weighted by Gasteiger charge is -2.20. The summed E-state index contributed by atoms with van der Waals surface area (Å²) in [5.74, 6) is 5.34. The first-order chi connectivity index (χ1) is 9.29. The van der Waals surface area contributed by atoms with Gasteiger partial charge >= 0.3 is 0 Å². The minimum atomic E-state index is 0.730. The lowest BCUT2D eigenvalue weighted by molar-refractivity contribution is 0.362. The van der Waals surface area contributed by atoms with Crippen LogP contribution in [0.4, 0.5) is 0 Å². The summed E-state index contributed by atoms with van der Waals surface area (Å²) in [7, 11) is 4.21. The van der Waals surface area contributed by atoms with E-state index in [1.807, 2.05) is 10.9 Å². The number of aryl methyl sites for hydroxylation is 2. The number of hydrogen-bond acceptors (Lipinski definition) is 2. The van der Waals surface area contributed by atoms with Crippen molar-refractivity contribution in [2.24, 2.45) is 36.6 Å². The number of nitrogens with one attached hydrogen (secondary N) is 1. The van der Waals surface area contributed by atoms with E-state index >= 15 is 0 Å². The van der Waals surface area contributed by atoms with Crippen LogP contribution in [0.5, 0.6) is 0 Å². The molecule has 5 unspecified atom stereocenters. The highest BCUT2D eigenvalue weighted by molar-refractivity contribution is 5.16. The van der Waals surface area contributed by atoms with Crippen LogP contribution in [0.25, 0.3) is 0 Å². The molecule has 3 saturated carbocycles. The average Bonchev–Trinajstić information content (AvgIpc) is 2.78. The third-order valence-corrected chi connectivity index (χ3v) is 6.26. The number of nitrogens with zero attached hydrogens (tertiary/aromatic N) is 2. The molecule has 0 aromatic carbocycles. The van der Waals surface area contributed by atoms with Gasteiger partial charge in [0.05, 0.1) is 0 Å². The first-order valence-electron chi connectivity index (χ1n) is 7.93. The molecule has 1 aromatic rings. The highest BCUT2D eigenvalue weighted by Gasteiger charge is 2.66. The molecule has 3 aliphatic rings. The summed E-state index contributed by atoms with van der Waals surface area (Å²) in [5.41, 5.74) is 1.37. The van der Waals surface area contributed by atoms with Crippen LogP contribution in [-0.4, -0.2) is 22.9 Å². The smallest absolute Gasteiger partial charge is 0.0492 e. The zero-order valence-corrected chi connectivity index (χ0v) is 12.0. The molecule has 1 N–H and O–H groups in total. The van der Waals surface area contributed by atoms with Gasteiger partial charge in [-0.2, -0.15) is 5.10 Å². The molecule has 4 rings (SSSR count). The van der Waals surface area contributed by atoms with Gasteiger partial charge in [0.2, 0.25) is 0 Å². The quantitative estimate of drug-likeness (QED) is 0.879. The van der Waals surface area contributed by atoms with Crippen molar-refractivity contribution >= 4 is 0 Å². The zero-order valence-electron chi connectivity index (χ0n) is 12.0. The van der Waals surface area contributed by atoms with Crippen molar-refractivity contribution in [3.63, 3.8) is 0 Å². The Morgan fingerprint density at radius 1 is 1.37 bits per heavy atom. The fraction of sp³-hybridized carbons (Fsp3) is 0.812. The Labute approximate surface area is 115 Å². The maximum Gasteiger partial charge on any atom is 0.0492 e. The first-order valence-corrected chi connectivity index (χ1v) is 7.93. The summed E-state index contributed by atoms with van der Waals surface area (Å²) in [4.78, 5) is 0. The van der Waals surface area contributed by atoms with E-state index in [1.165, 1.54) is 25.0 Å². The van der Waals surface area contributed by atoms with Crippen LogP contribution in [0, 0.1) is 29.6 Å². The highest BCUT2D eigenvalue weighted by atomic mass is 15.2. The van der Waals surface area contributed by atoms with Crippen LogP contribution >= 0.6 is 0 Å². The van der Waals surface area contributed by atoms with E-state index in [0.29, 0.717) is 0 Å². The SMILES string of the molecule is CNC(CCc1ccnn1C)C1C2C3CCC(C3)C21. The van der Waals surface area contributed by atoms with E-state index in [0.717, 1.165) is 42.1 Å². The topological polar surface area (TPSA) is 29.9 Å². The molecule has 5 atom stereocenters. The van der Waals surface area contributed by atoms with Crippen LogP contribution in [0.2, 0.25) is 0 Å². The summed E-state index contributed by atoms with van der Waals surface area (Å²) in [6.45, 7) is 0. The first kappa shape index (κ1) is 12.0. The second-order valence-electron chi connectivity index (χ2n) is 6.95. The molecule has 19 heavy (non-hydrogen) atoms. The largest absolute Gasteiger partial charge is 0.317 e. The van der Waals surface area contributed by atoms with Crippen molar-refractivity contribution in [1.82, 2.24) is 15.1 Å². The molecule has 1 aromatic heterocycles. The Morgan fingerprint density at radius 3 is 2.68 bits per heavy atom. The van der Waals surface area contributed by atoms with Crippen molar-refractivity contribution in [3.05, 3.63) is 18.0 Å². The van der Waals surface area contributed by atoms with Crippen molar-refractivity contribution in [3.8, 4) is 0 Å². The maximum atomic E-state index is 4.27. The number of hydrogen-bond donors (Lipinski definition) is 1. The van der Waals surface area contributed by atoms with Crippen LogP contribution < -0.4 is 5.32 Å². The predicted octanol–water partition coefficient (Wildman–Crippen LogP) is 2.23. The summed E-state index contributed by atoms with van der Waals surface area (Å²) in [5, 5.41) is 7.88. The lowest BCUT2D eigenvalue weighted by atomic mass is 9.94. The summed E-state index contributed by atoms with van der Waals surface area (Å²) in [6.07, 6.45) is 8.96. The minimum absolute atomic E-state index is 0.730. The van der Waals surface area contributed by atoms with E-state index in [4.69, 9.17) is 0 Å². The van der Waals surface area contributed by atoms with Gasteiger partial charge in [0.15, 0.2) is 0 Å². The van der Waals surface area contributed by atoms with Gasteiger partial charge in [0.1, 0.15) is 0 Å². The van der Waals surface area contributed by atoms with E-state index in [-0.39, 0.29) is 0 Å². The molecule has 0 spiro atoms. The van der Waals surface area contributed by atoms with Crippen LogP contribution in [0.1, 0.15) is 31.4 Å². The average molecular weight is 259 g/mol. The molecule has 1 heterocycles. The van der Waals surface area contributed by atoms with E-state index in [1.54, 1.807) is 6.42 Å².